The van der Waals surface area contributed by atoms with Crippen molar-refractivity contribution in [3.05, 3.63) is 76.5 Å². The van der Waals surface area contributed by atoms with E-state index < -0.39 is 6.04 Å². The summed E-state index contributed by atoms with van der Waals surface area (Å²) in [4.78, 5) is 30.1. The number of carbonyl (C=O) groups is 2. The van der Waals surface area contributed by atoms with E-state index in [0.717, 1.165) is 36.1 Å². The van der Waals surface area contributed by atoms with Crippen molar-refractivity contribution < 1.29 is 19.1 Å². The van der Waals surface area contributed by atoms with Crippen molar-refractivity contribution in [1.82, 2.24) is 5.32 Å². The van der Waals surface area contributed by atoms with Gasteiger partial charge in [-0.2, -0.15) is 0 Å². The first-order valence-corrected chi connectivity index (χ1v) is 12.4. The van der Waals surface area contributed by atoms with E-state index in [4.69, 9.17) is 9.47 Å². The minimum atomic E-state index is -0.828. The summed E-state index contributed by atoms with van der Waals surface area (Å²) in [6, 6.07) is 17.9. The fourth-order valence-corrected chi connectivity index (χ4v) is 5.12. The van der Waals surface area contributed by atoms with E-state index in [2.05, 4.69) is 5.32 Å². The van der Waals surface area contributed by atoms with E-state index >= 15 is 0 Å². The lowest BCUT2D eigenvalue weighted by molar-refractivity contribution is -0.127. The molecule has 7 heteroatoms. The number of thiophene rings is 1. The highest BCUT2D eigenvalue weighted by molar-refractivity contribution is 7.10. The van der Waals surface area contributed by atoms with Crippen LogP contribution in [0.5, 0.6) is 11.5 Å². The molecule has 0 unspecified atom stereocenters. The Morgan fingerprint density at radius 2 is 1.68 bits per heavy atom. The molecule has 2 aromatic carbocycles. The van der Waals surface area contributed by atoms with Gasteiger partial charge in [-0.25, -0.2) is 0 Å². The fraction of sp³-hybridized carbons (Fsp3) is 0.333. The number of hydrogen-bond donors (Lipinski definition) is 1. The molecule has 0 bridgehead atoms. The second-order valence-electron chi connectivity index (χ2n) is 8.39. The summed E-state index contributed by atoms with van der Waals surface area (Å²) in [7, 11) is 3.13. The molecule has 1 aromatic heterocycles. The number of hydrogen-bond acceptors (Lipinski definition) is 5. The second kappa shape index (κ2) is 11.2. The monoisotopic (exact) mass is 478 g/mol. The minimum absolute atomic E-state index is 0.132. The molecule has 34 heavy (non-hydrogen) atoms. The van der Waals surface area contributed by atoms with Crippen LogP contribution in [-0.4, -0.2) is 32.1 Å². The maximum Gasteiger partial charge on any atom is 0.248 e. The molecule has 0 radical (unpaired) electrons. The minimum Gasteiger partial charge on any atom is -0.497 e. The van der Waals surface area contributed by atoms with Crippen LogP contribution in [0.3, 0.4) is 0 Å². The number of ether oxygens (including phenoxy) is 2. The van der Waals surface area contributed by atoms with Gasteiger partial charge in [0, 0.05) is 29.1 Å². The molecule has 1 atom stereocenters. The molecule has 1 fully saturated rings. The molecule has 4 rings (SSSR count). The number of amides is 2. The lowest BCUT2D eigenvalue weighted by Crippen LogP contribution is -2.46. The Morgan fingerprint density at radius 3 is 2.26 bits per heavy atom. The van der Waals surface area contributed by atoms with Gasteiger partial charge < -0.3 is 14.8 Å². The molecule has 178 valence electrons. The molecule has 3 aromatic rings. The number of nitrogens with one attached hydrogen (secondary N) is 1. The summed E-state index contributed by atoms with van der Waals surface area (Å²) in [6.45, 7) is 0. The summed E-state index contributed by atoms with van der Waals surface area (Å²) in [5.74, 6) is 0.741. The van der Waals surface area contributed by atoms with E-state index in [9.17, 15) is 9.59 Å². The molecule has 0 spiro atoms. The number of benzene rings is 2. The van der Waals surface area contributed by atoms with Crippen molar-refractivity contribution in [3.63, 3.8) is 0 Å². The molecule has 1 N–H and O–H groups in total. The van der Waals surface area contributed by atoms with E-state index in [1.807, 2.05) is 47.8 Å². The maximum absolute atomic E-state index is 13.8. The van der Waals surface area contributed by atoms with Crippen LogP contribution in [0.1, 0.15) is 42.2 Å². The molecule has 0 aliphatic heterocycles. The first-order valence-electron chi connectivity index (χ1n) is 11.5. The Bertz CT molecular complexity index is 1070. The Balaban J connectivity index is 1.80. The lowest BCUT2D eigenvalue weighted by Gasteiger charge is -2.32. The molecular weight excluding hydrogens is 448 g/mol. The predicted octanol–water partition coefficient (Wildman–Crippen LogP) is 5.14. The van der Waals surface area contributed by atoms with Gasteiger partial charge in [-0.1, -0.05) is 49.2 Å². The Morgan fingerprint density at radius 1 is 1.00 bits per heavy atom. The second-order valence-corrected chi connectivity index (χ2v) is 9.43. The smallest absolute Gasteiger partial charge is 0.248 e. The average Bonchev–Trinajstić information content (AvgIpc) is 3.57. The van der Waals surface area contributed by atoms with Crippen LogP contribution >= 0.6 is 11.3 Å². The number of rotatable bonds is 9. The summed E-state index contributed by atoms with van der Waals surface area (Å²) in [5, 5.41) is 5.15. The molecule has 1 saturated carbocycles. The first kappa shape index (κ1) is 23.8. The first-order chi connectivity index (χ1) is 16.6. The third-order valence-corrected chi connectivity index (χ3v) is 6.99. The van der Waals surface area contributed by atoms with Crippen molar-refractivity contribution in [2.45, 2.75) is 44.2 Å². The normalized spacial score (nSPS) is 14.4. The lowest BCUT2D eigenvalue weighted by atomic mass is 10.0. The van der Waals surface area contributed by atoms with E-state index in [-0.39, 0.29) is 24.3 Å². The predicted molar refractivity (Wildman–Crippen MR) is 135 cm³/mol. The topological polar surface area (TPSA) is 67.9 Å². The van der Waals surface area contributed by atoms with Crippen LogP contribution in [-0.2, 0) is 16.0 Å². The van der Waals surface area contributed by atoms with E-state index in [1.165, 1.54) is 11.3 Å². The Kier molecular flexibility index (Phi) is 7.85. The number of carbonyl (C=O) groups excluding carboxylic acids is 2. The molecule has 2 amide bonds. The Labute approximate surface area is 204 Å². The highest BCUT2D eigenvalue weighted by Gasteiger charge is 2.34. The van der Waals surface area contributed by atoms with E-state index in [0.29, 0.717) is 17.2 Å². The molecule has 1 heterocycles. The van der Waals surface area contributed by atoms with Crippen molar-refractivity contribution in [2.75, 3.05) is 19.1 Å². The summed E-state index contributed by atoms with van der Waals surface area (Å²) < 4.78 is 10.9. The van der Waals surface area contributed by atoms with Gasteiger partial charge in [-0.05, 0) is 29.9 Å². The van der Waals surface area contributed by atoms with Gasteiger partial charge in [0.1, 0.15) is 17.5 Å². The maximum atomic E-state index is 13.8. The molecule has 6 nitrogen and oxygen atoms in total. The summed E-state index contributed by atoms with van der Waals surface area (Å²) >= 11 is 1.52. The van der Waals surface area contributed by atoms with Crippen LogP contribution in [0.4, 0.5) is 5.69 Å². The number of anilines is 1. The third-order valence-electron chi connectivity index (χ3n) is 6.11. The van der Waals surface area contributed by atoms with Gasteiger partial charge in [0.15, 0.2) is 0 Å². The zero-order chi connectivity index (χ0) is 23.9. The van der Waals surface area contributed by atoms with Crippen molar-refractivity contribution in [1.29, 1.82) is 0 Å². The molecular formula is C27H30N2O4S. The van der Waals surface area contributed by atoms with Gasteiger partial charge in [-0.15, -0.1) is 11.3 Å². The SMILES string of the molecule is COc1cc(OC)cc(N(C(=O)Cc2cccs2)[C@H](C(=O)NC2CCCC2)c2ccccc2)c1. The highest BCUT2D eigenvalue weighted by Crippen LogP contribution is 2.35. The van der Waals surface area contributed by atoms with Gasteiger partial charge in [0.25, 0.3) is 0 Å². The van der Waals surface area contributed by atoms with Gasteiger partial charge in [0.05, 0.1) is 26.3 Å². The van der Waals surface area contributed by atoms with Crippen LogP contribution in [0.25, 0.3) is 0 Å². The average molecular weight is 479 g/mol. The largest absolute Gasteiger partial charge is 0.497 e. The van der Waals surface area contributed by atoms with Crippen LogP contribution < -0.4 is 19.7 Å². The summed E-state index contributed by atoms with van der Waals surface area (Å²) in [5.41, 5.74) is 1.30. The third kappa shape index (κ3) is 5.59. The van der Waals surface area contributed by atoms with Crippen LogP contribution in [0.2, 0.25) is 0 Å². The van der Waals surface area contributed by atoms with Crippen molar-refractivity contribution >= 4 is 28.8 Å². The van der Waals surface area contributed by atoms with Crippen molar-refractivity contribution in [2.24, 2.45) is 0 Å². The highest BCUT2D eigenvalue weighted by atomic mass is 32.1. The molecule has 1 aliphatic rings. The molecule has 0 saturated heterocycles. The molecule has 1 aliphatic carbocycles. The van der Waals surface area contributed by atoms with E-state index in [1.54, 1.807) is 37.3 Å². The van der Waals surface area contributed by atoms with Gasteiger partial charge >= 0.3 is 0 Å². The van der Waals surface area contributed by atoms with Crippen LogP contribution in [0, 0.1) is 0 Å². The standard InChI is InChI=1S/C27H30N2O4S/c1-32-22-15-21(16-23(17-22)33-2)29(25(30)18-24-13-8-14-34-24)26(19-9-4-3-5-10-19)27(31)28-20-11-6-7-12-20/h3-5,8-10,13-17,20,26H,6-7,11-12,18H2,1-2H3,(H,28,31)/t26-/m0/s1. The quantitative estimate of drug-likeness (QED) is 0.462. The van der Waals surface area contributed by atoms with Crippen LogP contribution in [0.15, 0.2) is 66.0 Å². The summed E-state index contributed by atoms with van der Waals surface area (Å²) in [6.07, 6.45) is 4.33. The zero-order valence-corrected chi connectivity index (χ0v) is 20.3. The van der Waals surface area contributed by atoms with Gasteiger partial charge in [-0.3, -0.25) is 14.5 Å². The fourth-order valence-electron chi connectivity index (χ4n) is 4.42. The zero-order valence-electron chi connectivity index (χ0n) is 19.5. The number of methoxy groups -OCH3 is 2. The Hall–Kier alpha value is -3.32. The van der Waals surface area contributed by atoms with Gasteiger partial charge in [0.2, 0.25) is 11.8 Å². The number of nitrogens with zero attached hydrogens (tertiary/aromatic N) is 1. The van der Waals surface area contributed by atoms with Crippen molar-refractivity contribution in [3.8, 4) is 11.5 Å².